The number of rotatable bonds is 5. The highest BCUT2D eigenvalue weighted by Crippen LogP contribution is 2.27. The quantitative estimate of drug-likeness (QED) is 0.587. The molecule has 0 bridgehead atoms. The van der Waals surface area contributed by atoms with E-state index in [2.05, 4.69) is 36.0 Å². The smallest absolute Gasteiger partial charge is 0.253 e. The SMILES string of the molecule is Cc1ccc(C(=O)NCC(C)(C)c2cccs2)c(NN)c1. The molecule has 112 valence electrons. The van der Waals surface area contributed by atoms with Crippen LogP contribution in [0.3, 0.4) is 0 Å². The van der Waals surface area contributed by atoms with Gasteiger partial charge in [0.2, 0.25) is 0 Å². The average molecular weight is 303 g/mol. The van der Waals surface area contributed by atoms with Crippen LogP contribution < -0.4 is 16.6 Å². The summed E-state index contributed by atoms with van der Waals surface area (Å²) in [6.45, 7) is 6.78. The Kier molecular flexibility index (Phi) is 4.65. The zero-order valence-electron chi connectivity index (χ0n) is 12.6. The Morgan fingerprint density at radius 2 is 2.10 bits per heavy atom. The van der Waals surface area contributed by atoms with Crippen molar-refractivity contribution >= 4 is 22.9 Å². The van der Waals surface area contributed by atoms with Crippen LogP contribution in [0.1, 0.15) is 34.6 Å². The van der Waals surface area contributed by atoms with E-state index in [1.165, 1.54) is 4.88 Å². The monoisotopic (exact) mass is 303 g/mol. The van der Waals surface area contributed by atoms with Crippen molar-refractivity contribution in [3.63, 3.8) is 0 Å². The summed E-state index contributed by atoms with van der Waals surface area (Å²) in [6.07, 6.45) is 0. The number of nitrogens with one attached hydrogen (secondary N) is 2. The summed E-state index contributed by atoms with van der Waals surface area (Å²) in [5, 5.41) is 5.04. The fraction of sp³-hybridized carbons (Fsp3) is 0.312. The van der Waals surface area contributed by atoms with E-state index < -0.39 is 0 Å². The van der Waals surface area contributed by atoms with Gasteiger partial charge in [0, 0.05) is 16.8 Å². The molecule has 0 radical (unpaired) electrons. The van der Waals surface area contributed by atoms with Gasteiger partial charge < -0.3 is 10.7 Å². The van der Waals surface area contributed by atoms with Crippen LogP contribution in [0.5, 0.6) is 0 Å². The van der Waals surface area contributed by atoms with Gasteiger partial charge in [-0.3, -0.25) is 10.6 Å². The number of nitrogen functional groups attached to an aromatic ring is 1. The van der Waals surface area contributed by atoms with Gasteiger partial charge in [0.25, 0.3) is 5.91 Å². The van der Waals surface area contributed by atoms with E-state index in [1.807, 2.05) is 25.1 Å². The number of benzene rings is 1. The van der Waals surface area contributed by atoms with E-state index >= 15 is 0 Å². The Morgan fingerprint density at radius 1 is 1.33 bits per heavy atom. The maximum absolute atomic E-state index is 12.3. The molecule has 0 fully saturated rings. The van der Waals surface area contributed by atoms with Crippen molar-refractivity contribution in [1.29, 1.82) is 0 Å². The lowest BCUT2D eigenvalue weighted by atomic mass is 9.91. The second kappa shape index (κ2) is 6.28. The summed E-state index contributed by atoms with van der Waals surface area (Å²) < 4.78 is 0. The van der Waals surface area contributed by atoms with Crippen molar-refractivity contribution in [2.24, 2.45) is 5.84 Å². The molecule has 0 unspecified atom stereocenters. The van der Waals surface area contributed by atoms with Crippen LogP contribution in [0, 0.1) is 6.92 Å². The summed E-state index contributed by atoms with van der Waals surface area (Å²) in [6, 6.07) is 9.67. The summed E-state index contributed by atoms with van der Waals surface area (Å²) >= 11 is 1.70. The van der Waals surface area contributed by atoms with Crippen molar-refractivity contribution in [2.75, 3.05) is 12.0 Å². The van der Waals surface area contributed by atoms with Crippen molar-refractivity contribution < 1.29 is 4.79 Å². The number of aryl methyl sites for hydroxylation is 1. The van der Waals surface area contributed by atoms with Crippen LogP contribution >= 0.6 is 11.3 Å². The van der Waals surface area contributed by atoms with Crippen LogP contribution in [0.15, 0.2) is 35.7 Å². The molecule has 1 heterocycles. The molecule has 0 saturated heterocycles. The van der Waals surface area contributed by atoms with Crippen LogP contribution in [0.4, 0.5) is 5.69 Å². The predicted molar refractivity (Wildman–Crippen MR) is 88.7 cm³/mol. The number of thiophene rings is 1. The highest BCUT2D eigenvalue weighted by atomic mass is 32.1. The third kappa shape index (κ3) is 3.62. The molecule has 0 aliphatic rings. The summed E-state index contributed by atoms with van der Waals surface area (Å²) in [4.78, 5) is 13.6. The maximum atomic E-state index is 12.3. The second-order valence-corrected chi connectivity index (χ2v) is 6.68. The highest BCUT2D eigenvalue weighted by Gasteiger charge is 2.23. The molecule has 1 aromatic heterocycles. The number of amides is 1. The summed E-state index contributed by atoms with van der Waals surface area (Å²) in [5.74, 6) is 5.37. The van der Waals surface area contributed by atoms with Crippen LogP contribution in [-0.2, 0) is 5.41 Å². The molecule has 4 N–H and O–H groups in total. The second-order valence-electron chi connectivity index (χ2n) is 5.74. The van der Waals surface area contributed by atoms with E-state index in [1.54, 1.807) is 17.4 Å². The first-order chi connectivity index (χ1) is 9.94. The van der Waals surface area contributed by atoms with Gasteiger partial charge in [-0.2, -0.15) is 0 Å². The summed E-state index contributed by atoms with van der Waals surface area (Å²) in [7, 11) is 0. The Labute approximate surface area is 129 Å². The minimum atomic E-state index is -0.118. The first-order valence-electron chi connectivity index (χ1n) is 6.83. The molecule has 21 heavy (non-hydrogen) atoms. The molecule has 5 heteroatoms. The van der Waals surface area contributed by atoms with Crippen molar-refractivity contribution in [3.8, 4) is 0 Å². The molecule has 2 aromatic rings. The average Bonchev–Trinajstić information content (AvgIpc) is 2.99. The van der Waals surface area contributed by atoms with E-state index in [0.717, 1.165) is 5.56 Å². The Hall–Kier alpha value is -1.85. The Morgan fingerprint density at radius 3 is 2.71 bits per heavy atom. The Balaban J connectivity index is 2.09. The number of hydrogen-bond acceptors (Lipinski definition) is 4. The Bertz CT molecular complexity index is 620. The van der Waals surface area contributed by atoms with Gasteiger partial charge in [-0.05, 0) is 36.1 Å². The van der Waals surface area contributed by atoms with Crippen molar-refractivity contribution in [2.45, 2.75) is 26.2 Å². The number of nitrogens with two attached hydrogens (primary N) is 1. The molecular formula is C16H21N3OS. The molecule has 2 rings (SSSR count). The normalized spacial score (nSPS) is 11.2. The van der Waals surface area contributed by atoms with Gasteiger partial charge >= 0.3 is 0 Å². The standard InChI is InChI=1S/C16H21N3OS/c1-11-6-7-12(13(9-11)19-17)15(20)18-10-16(2,3)14-5-4-8-21-14/h4-9,19H,10,17H2,1-3H3,(H,18,20). The van der Waals surface area contributed by atoms with E-state index in [0.29, 0.717) is 17.8 Å². The van der Waals surface area contributed by atoms with Crippen molar-refractivity contribution in [3.05, 3.63) is 51.7 Å². The molecule has 0 saturated carbocycles. The zero-order chi connectivity index (χ0) is 15.5. The van der Waals surface area contributed by atoms with Crippen LogP contribution in [0.25, 0.3) is 0 Å². The molecule has 0 atom stereocenters. The fourth-order valence-electron chi connectivity index (χ4n) is 2.12. The molecular weight excluding hydrogens is 282 g/mol. The lowest BCUT2D eigenvalue weighted by molar-refractivity contribution is 0.0946. The minimum absolute atomic E-state index is 0.0924. The fourth-order valence-corrected chi connectivity index (χ4v) is 2.97. The van der Waals surface area contributed by atoms with Gasteiger partial charge in [-0.1, -0.05) is 26.0 Å². The third-order valence-electron chi connectivity index (χ3n) is 3.45. The molecule has 0 aliphatic carbocycles. The van der Waals surface area contributed by atoms with Gasteiger partial charge in [0.15, 0.2) is 0 Å². The molecule has 0 aliphatic heterocycles. The molecule has 4 nitrogen and oxygen atoms in total. The topological polar surface area (TPSA) is 67.2 Å². The first kappa shape index (κ1) is 15.5. The highest BCUT2D eigenvalue weighted by molar-refractivity contribution is 7.10. The lowest BCUT2D eigenvalue weighted by Crippen LogP contribution is -2.36. The number of hydrazine groups is 1. The number of carbonyl (C=O) groups excluding carboxylic acids is 1. The van der Waals surface area contributed by atoms with E-state index in [-0.39, 0.29) is 11.3 Å². The maximum Gasteiger partial charge on any atom is 0.253 e. The lowest BCUT2D eigenvalue weighted by Gasteiger charge is -2.24. The number of hydrogen-bond donors (Lipinski definition) is 3. The summed E-state index contributed by atoms with van der Waals surface area (Å²) in [5.41, 5.74) is 4.75. The predicted octanol–water partition coefficient (Wildman–Crippen LogP) is 3.05. The van der Waals surface area contributed by atoms with Gasteiger partial charge in [-0.15, -0.1) is 11.3 Å². The van der Waals surface area contributed by atoms with Crippen molar-refractivity contribution in [1.82, 2.24) is 5.32 Å². The van der Waals surface area contributed by atoms with Crippen LogP contribution in [-0.4, -0.2) is 12.5 Å². The molecule has 1 aromatic carbocycles. The number of anilines is 1. The first-order valence-corrected chi connectivity index (χ1v) is 7.71. The van der Waals surface area contributed by atoms with Gasteiger partial charge in [0.1, 0.15) is 0 Å². The number of carbonyl (C=O) groups is 1. The van der Waals surface area contributed by atoms with E-state index in [9.17, 15) is 4.79 Å². The third-order valence-corrected chi connectivity index (χ3v) is 4.69. The zero-order valence-corrected chi connectivity index (χ0v) is 13.4. The van der Waals surface area contributed by atoms with Gasteiger partial charge in [0.05, 0.1) is 11.3 Å². The van der Waals surface area contributed by atoms with E-state index in [4.69, 9.17) is 5.84 Å². The molecule has 1 amide bonds. The minimum Gasteiger partial charge on any atom is -0.351 e. The van der Waals surface area contributed by atoms with Gasteiger partial charge in [-0.25, -0.2) is 0 Å². The largest absolute Gasteiger partial charge is 0.351 e. The molecule has 0 spiro atoms. The van der Waals surface area contributed by atoms with Crippen LogP contribution in [0.2, 0.25) is 0 Å².